The molecule has 0 aromatic heterocycles. The first-order valence-corrected chi connectivity index (χ1v) is 7.30. The van der Waals surface area contributed by atoms with Crippen LogP contribution in [0.25, 0.3) is 0 Å². The molecule has 1 aromatic carbocycles. The summed E-state index contributed by atoms with van der Waals surface area (Å²) < 4.78 is 5.64. The Morgan fingerprint density at radius 3 is 3.00 bits per heavy atom. The lowest BCUT2D eigenvalue weighted by molar-refractivity contribution is 0.288. The van der Waals surface area contributed by atoms with Gasteiger partial charge in [0, 0.05) is 5.54 Å². The first kappa shape index (κ1) is 14.4. The molecule has 3 heteroatoms. The molecule has 19 heavy (non-hydrogen) atoms. The first-order chi connectivity index (χ1) is 9.11. The largest absolute Gasteiger partial charge is 0.493 e. The van der Waals surface area contributed by atoms with E-state index >= 15 is 0 Å². The van der Waals surface area contributed by atoms with Gasteiger partial charge in [-0.1, -0.05) is 12.1 Å². The quantitative estimate of drug-likeness (QED) is 0.827. The normalized spacial score (nSPS) is 14.9. The molecule has 1 aromatic rings. The zero-order valence-corrected chi connectivity index (χ0v) is 12.2. The van der Waals surface area contributed by atoms with Crippen LogP contribution < -0.4 is 15.8 Å². The Labute approximate surface area is 116 Å². The summed E-state index contributed by atoms with van der Waals surface area (Å²) in [6, 6.07) is 6.60. The van der Waals surface area contributed by atoms with Crippen LogP contribution in [-0.2, 0) is 12.8 Å². The molecular weight excluding hydrogens is 236 g/mol. The van der Waals surface area contributed by atoms with Gasteiger partial charge in [0.2, 0.25) is 0 Å². The highest BCUT2D eigenvalue weighted by Crippen LogP contribution is 2.25. The van der Waals surface area contributed by atoms with Crippen molar-refractivity contribution in [2.45, 2.75) is 45.1 Å². The number of nitrogens with two attached hydrogens (primary N) is 1. The van der Waals surface area contributed by atoms with Crippen LogP contribution in [0.3, 0.4) is 0 Å². The van der Waals surface area contributed by atoms with Crippen LogP contribution in [0.1, 0.15) is 37.8 Å². The van der Waals surface area contributed by atoms with Gasteiger partial charge in [0.05, 0.1) is 6.61 Å². The third-order valence-corrected chi connectivity index (χ3v) is 3.76. The van der Waals surface area contributed by atoms with Gasteiger partial charge in [-0.2, -0.15) is 0 Å². The average molecular weight is 262 g/mol. The summed E-state index contributed by atoms with van der Waals surface area (Å²) in [5.41, 5.74) is 8.51. The van der Waals surface area contributed by atoms with E-state index in [-0.39, 0.29) is 5.54 Å². The van der Waals surface area contributed by atoms with Gasteiger partial charge in [0.1, 0.15) is 5.75 Å². The summed E-state index contributed by atoms with van der Waals surface area (Å²) in [5.74, 6) is 1.08. The average Bonchev–Trinajstić information content (AvgIpc) is 2.38. The van der Waals surface area contributed by atoms with E-state index in [9.17, 15) is 0 Å². The Morgan fingerprint density at radius 1 is 1.37 bits per heavy atom. The minimum Gasteiger partial charge on any atom is -0.493 e. The first-order valence-electron chi connectivity index (χ1n) is 7.30. The Morgan fingerprint density at radius 2 is 2.21 bits per heavy atom. The molecule has 3 N–H and O–H groups in total. The molecule has 1 heterocycles. The second kappa shape index (κ2) is 6.40. The molecule has 0 amide bonds. The predicted octanol–water partition coefficient (Wildman–Crippen LogP) is 2.27. The maximum atomic E-state index is 5.64. The van der Waals surface area contributed by atoms with Crippen LogP contribution in [-0.4, -0.2) is 25.2 Å². The van der Waals surface area contributed by atoms with Crippen LogP contribution in [0.2, 0.25) is 0 Å². The van der Waals surface area contributed by atoms with Gasteiger partial charge in [-0.15, -0.1) is 0 Å². The number of ether oxygens (including phenoxy) is 1. The number of hydrogen-bond acceptors (Lipinski definition) is 3. The number of benzene rings is 1. The van der Waals surface area contributed by atoms with E-state index in [1.807, 2.05) is 0 Å². The highest BCUT2D eigenvalue weighted by Gasteiger charge is 2.15. The Kier molecular flexibility index (Phi) is 4.83. The third kappa shape index (κ3) is 4.22. The summed E-state index contributed by atoms with van der Waals surface area (Å²) in [5, 5.41) is 3.58. The van der Waals surface area contributed by atoms with Crippen LogP contribution in [0.4, 0.5) is 0 Å². The molecule has 0 spiro atoms. The highest BCUT2D eigenvalue weighted by atomic mass is 16.5. The maximum absolute atomic E-state index is 5.64. The minimum absolute atomic E-state index is 0.131. The molecule has 0 fully saturated rings. The summed E-state index contributed by atoms with van der Waals surface area (Å²) in [4.78, 5) is 0. The zero-order valence-electron chi connectivity index (χ0n) is 12.2. The smallest absolute Gasteiger partial charge is 0.122 e. The van der Waals surface area contributed by atoms with Crippen LogP contribution >= 0.6 is 0 Å². The molecule has 0 bridgehead atoms. The molecule has 106 valence electrons. The number of fused-ring (bicyclic) bond motifs is 1. The molecule has 0 atom stereocenters. The van der Waals surface area contributed by atoms with Gasteiger partial charge in [0.15, 0.2) is 0 Å². The van der Waals surface area contributed by atoms with Crippen molar-refractivity contribution < 1.29 is 4.74 Å². The molecule has 3 nitrogen and oxygen atoms in total. The Hall–Kier alpha value is -1.06. The van der Waals surface area contributed by atoms with Gasteiger partial charge in [-0.3, -0.25) is 0 Å². The molecular formula is C16H26N2O. The second-order valence-electron chi connectivity index (χ2n) is 5.99. The summed E-state index contributed by atoms with van der Waals surface area (Å²) in [6.45, 7) is 7.01. The minimum atomic E-state index is 0.131. The zero-order chi connectivity index (χ0) is 13.7. The predicted molar refractivity (Wildman–Crippen MR) is 79.7 cm³/mol. The monoisotopic (exact) mass is 262 g/mol. The molecule has 0 unspecified atom stereocenters. The van der Waals surface area contributed by atoms with E-state index in [0.29, 0.717) is 0 Å². The highest BCUT2D eigenvalue weighted by molar-refractivity contribution is 5.38. The lowest BCUT2D eigenvalue weighted by Gasteiger charge is -2.26. The van der Waals surface area contributed by atoms with Gasteiger partial charge in [0.25, 0.3) is 0 Å². The Balaban J connectivity index is 1.86. The third-order valence-electron chi connectivity index (χ3n) is 3.76. The van der Waals surface area contributed by atoms with E-state index in [1.165, 1.54) is 11.1 Å². The van der Waals surface area contributed by atoms with Crippen molar-refractivity contribution in [2.75, 3.05) is 19.7 Å². The molecule has 0 saturated carbocycles. The number of aryl methyl sites for hydroxylation is 1. The fraction of sp³-hybridized carbons (Fsp3) is 0.625. The van der Waals surface area contributed by atoms with Crippen molar-refractivity contribution >= 4 is 0 Å². The van der Waals surface area contributed by atoms with Crippen molar-refractivity contribution in [3.05, 3.63) is 29.3 Å². The van der Waals surface area contributed by atoms with Gasteiger partial charge in [-0.05, 0) is 69.8 Å². The lowest BCUT2D eigenvalue weighted by Crippen LogP contribution is -2.42. The fourth-order valence-corrected chi connectivity index (χ4v) is 2.56. The van der Waals surface area contributed by atoms with Crippen molar-refractivity contribution in [3.8, 4) is 5.75 Å². The van der Waals surface area contributed by atoms with Crippen LogP contribution in [0, 0.1) is 0 Å². The van der Waals surface area contributed by atoms with Gasteiger partial charge >= 0.3 is 0 Å². The van der Waals surface area contributed by atoms with E-state index in [1.54, 1.807) is 0 Å². The van der Waals surface area contributed by atoms with Gasteiger partial charge in [-0.25, -0.2) is 0 Å². The van der Waals surface area contributed by atoms with E-state index < -0.39 is 0 Å². The van der Waals surface area contributed by atoms with Crippen molar-refractivity contribution in [1.29, 1.82) is 0 Å². The topological polar surface area (TPSA) is 47.3 Å². The summed E-state index contributed by atoms with van der Waals surface area (Å²) in [7, 11) is 0. The molecule has 0 radical (unpaired) electrons. The second-order valence-corrected chi connectivity index (χ2v) is 5.99. The molecule has 0 saturated heterocycles. The SMILES string of the molecule is CC(C)(CCN)NCCc1ccc2c(c1)CCCO2. The standard InChI is InChI=1S/C16H26N2O/c1-16(2,8-9-17)18-10-7-13-5-6-15-14(12-13)4-3-11-19-15/h5-6,12,18H,3-4,7-11,17H2,1-2H3. The molecule has 0 aliphatic carbocycles. The van der Waals surface area contributed by atoms with Crippen LogP contribution in [0.15, 0.2) is 18.2 Å². The van der Waals surface area contributed by atoms with Crippen molar-refractivity contribution in [3.63, 3.8) is 0 Å². The summed E-state index contributed by atoms with van der Waals surface area (Å²) >= 11 is 0. The van der Waals surface area contributed by atoms with E-state index in [0.717, 1.165) is 51.1 Å². The number of hydrogen-bond donors (Lipinski definition) is 2. The van der Waals surface area contributed by atoms with Crippen LogP contribution in [0.5, 0.6) is 5.75 Å². The fourth-order valence-electron chi connectivity index (χ4n) is 2.56. The van der Waals surface area contributed by atoms with E-state index in [2.05, 4.69) is 37.4 Å². The van der Waals surface area contributed by atoms with Crippen molar-refractivity contribution in [2.24, 2.45) is 5.73 Å². The Bertz CT molecular complexity index is 415. The molecule has 1 aliphatic heterocycles. The summed E-state index contributed by atoms with van der Waals surface area (Å²) in [6.07, 6.45) is 4.35. The van der Waals surface area contributed by atoms with E-state index in [4.69, 9.17) is 10.5 Å². The van der Waals surface area contributed by atoms with Gasteiger partial charge < -0.3 is 15.8 Å². The molecule has 2 rings (SSSR count). The number of rotatable bonds is 6. The van der Waals surface area contributed by atoms with Crippen molar-refractivity contribution in [1.82, 2.24) is 5.32 Å². The molecule has 1 aliphatic rings. The lowest BCUT2D eigenvalue weighted by atomic mass is 9.99. The number of nitrogens with one attached hydrogen (secondary N) is 1. The maximum Gasteiger partial charge on any atom is 0.122 e.